The highest BCUT2D eigenvalue weighted by molar-refractivity contribution is 6.30. The Morgan fingerprint density at radius 1 is 1.38 bits per heavy atom. The Hall–Kier alpha value is -0.730. The summed E-state index contributed by atoms with van der Waals surface area (Å²) in [4.78, 5) is 0. The second-order valence-electron chi connectivity index (χ2n) is 4.54. The molecule has 2 nitrogen and oxygen atoms in total. The van der Waals surface area contributed by atoms with E-state index in [0.29, 0.717) is 5.92 Å². The summed E-state index contributed by atoms with van der Waals surface area (Å²) in [6.07, 6.45) is 1.21. The summed E-state index contributed by atoms with van der Waals surface area (Å²) in [5.41, 5.74) is 2.24. The Kier molecular flexibility index (Phi) is 3.72. The van der Waals surface area contributed by atoms with Crippen molar-refractivity contribution >= 4 is 11.6 Å². The number of hydrogen-bond acceptors (Lipinski definition) is 2. The van der Waals surface area contributed by atoms with Gasteiger partial charge in [-0.2, -0.15) is 0 Å². The quantitative estimate of drug-likeness (QED) is 0.876. The van der Waals surface area contributed by atoms with Crippen molar-refractivity contribution in [1.29, 1.82) is 0 Å². The maximum atomic E-state index is 5.98. The van der Waals surface area contributed by atoms with E-state index in [0.717, 1.165) is 41.6 Å². The molecule has 1 atom stereocenters. The van der Waals surface area contributed by atoms with Gasteiger partial charge in [0.1, 0.15) is 5.75 Å². The van der Waals surface area contributed by atoms with E-state index in [1.807, 2.05) is 26.0 Å². The lowest BCUT2D eigenvalue weighted by atomic mass is 10.1. The molecule has 0 aromatic heterocycles. The van der Waals surface area contributed by atoms with Crippen molar-refractivity contribution in [2.45, 2.75) is 20.3 Å². The van der Waals surface area contributed by atoms with Crippen molar-refractivity contribution in [2.24, 2.45) is 5.92 Å². The fraction of sp³-hybridized carbons (Fsp3) is 0.538. The maximum Gasteiger partial charge on any atom is 0.125 e. The number of benzene rings is 1. The third-order valence-corrected chi connectivity index (χ3v) is 3.27. The first kappa shape index (κ1) is 11.7. The molecule has 0 saturated carbocycles. The van der Waals surface area contributed by atoms with Gasteiger partial charge in [0.15, 0.2) is 0 Å². The molecule has 1 fully saturated rings. The van der Waals surface area contributed by atoms with Crippen molar-refractivity contribution in [3.05, 3.63) is 28.3 Å². The SMILES string of the molecule is Cc1cc(Cl)cc(C)c1OCC1CCNC1. The maximum absolute atomic E-state index is 5.98. The van der Waals surface area contributed by atoms with E-state index in [4.69, 9.17) is 16.3 Å². The minimum atomic E-state index is 0.648. The van der Waals surface area contributed by atoms with Gasteiger partial charge in [-0.25, -0.2) is 0 Å². The molecular formula is C13H18ClNO. The lowest BCUT2D eigenvalue weighted by molar-refractivity contribution is 0.257. The Balaban J connectivity index is 2.03. The monoisotopic (exact) mass is 239 g/mol. The zero-order valence-corrected chi connectivity index (χ0v) is 10.6. The van der Waals surface area contributed by atoms with Crippen molar-refractivity contribution in [3.8, 4) is 5.75 Å². The van der Waals surface area contributed by atoms with Crippen LogP contribution in [0.3, 0.4) is 0 Å². The number of ether oxygens (including phenoxy) is 1. The van der Waals surface area contributed by atoms with E-state index in [9.17, 15) is 0 Å². The van der Waals surface area contributed by atoms with E-state index >= 15 is 0 Å². The largest absolute Gasteiger partial charge is 0.493 e. The zero-order chi connectivity index (χ0) is 11.5. The van der Waals surface area contributed by atoms with Crippen molar-refractivity contribution < 1.29 is 4.74 Å². The van der Waals surface area contributed by atoms with Crippen LogP contribution in [0.1, 0.15) is 17.5 Å². The Morgan fingerprint density at radius 2 is 2.06 bits per heavy atom. The molecule has 1 N–H and O–H groups in total. The molecule has 0 spiro atoms. The molecule has 0 radical (unpaired) electrons. The summed E-state index contributed by atoms with van der Waals surface area (Å²) < 4.78 is 5.91. The van der Waals surface area contributed by atoms with Crippen LogP contribution in [0.15, 0.2) is 12.1 Å². The third-order valence-electron chi connectivity index (χ3n) is 3.05. The highest BCUT2D eigenvalue weighted by Crippen LogP contribution is 2.27. The summed E-state index contributed by atoms with van der Waals surface area (Å²) >= 11 is 5.98. The lowest BCUT2D eigenvalue weighted by Gasteiger charge is -2.15. The molecule has 16 heavy (non-hydrogen) atoms. The highest BCUT2D eigenvalue weighted by atomic mass is 35.5. The second-order valence-corrected chi connectivity index (χ2v) is 4.97. The topological polar surface area (TPSA) is 21.3 Å². The number of nitrogens with one attached hydrogen (secondary N) is 1. The zero-order valence-electron chi connectivity index (χ0n) is 9.85. The van der Waals surface area contributed by atoms with Crippen LogP contribution in [0.2, 0.25) is 5.02 Å². The number of halogens is 1. The molecule has 0 bridgehead atoms. The highest BCUT2D eigenvalue weighted by Gasteiger charge is 2.16. The van der Waals surface area contributed by atoms with Gasteiger partial charge in [0.05, 0.1) is 6.61 Å². The first-order valence-electron chi connectivity index (χ1n) is 5.77. The molecule has 88 valence electrons. The fourth-order valence-corrected chi connectivity index (χ4v) is 2.51. The van der Waals surface area contributed by atoms with Gasteiger partial charge in [-0.15, -0.1) is 0 Å². The van der Waals surface area contributed by atoms with Gasteiger partial charge in [-0.3, -0.25) is 0 Å². The van der Waals surface area contributed by atoms with Gasteiger partial charge < -0.3 is 10.1 Å². The first-order valence-corrected chi connectivity index (χ1v) is 6.15. The smallest absolute Gasteiger partial charge is 0.125 e. The minimum Gasteiger partial charge on any atom is -0.493 e. The van der Waals surface area contributed by atoms with Gasteiger partial charge >= 0.3 is 0 Å². The van der Waals surface area contributed by atoms with E-state index in [-0.39, 0.29) is 0 Å². The van der Waals surface area contributed by atoms with Gasteiger partial charge in [0, 0.05) is 17.5 Å². The predicted octanol–water partition coefficient (Wildman–Crippen LogP) is 2.95. The first-order chi connectivity index (χ1) is 7.66. The minimum absolute atomic E-state index is 0.648. The Labute approximate surface area is 102 Å². The number of rotatable bonds is 3. The predicted molar refractivity (Wildman–Crippen MR) is 67.4 cm³/mol. The second kappa shape index (κ2) is 5.07. The van der Waals surface area contributed by atoms with Gasteiger partial charge in [0.2, 0.25) is 0 Å². The van der Waals surface area contributed by atoms with E-state index in [1.165, 1.54) is 6.42 Å². The Bertz CT molecular complexity index is 349. The molecule has 1 aliphatic heterocycles. The van der Waals surface area contributed by atoms with Gasteiger partial charge in [0.25, 0.3) is 0 Å². The summed E-state index contributed by atoms with van der Waals surface area (Å²) in [6.45, 7) is 7.08. The van der Waals surface area contributed by atoms with Crippen LogP contribution in [0.5, 0.6) is 5.75 Å². The summed E-state index contributed by atoms with van der Waals surface area (Å²) in [5.74, 6) is 1.64. The van der Waals surface area contributed by atoms with Crippen LogP contribution in [0, 0.1) is 19.8 Å². The van der Waals surface area contributed by atoms with Gasteiger partial charge in [-0.05, 0) is 50.1 Å². The molecular weight excluding hydrogens is 222 g/mol. The van der Waals surface area contributed by atoms with Crippen molar-refractivity contribution in [3.63, 3.8) is 0 Å². The molecule has 0 amide bonds. The van der Waals surface area contributed by atoms with E-state index in [2.05, 4.69) is 5.32 Å². The van der Waals surface area contributed by atoms with Crippen LogP contribution in [-0.4, -0.2) is 19.7 Å². The summed E-state index contributed by atoms with van der Waals surface area (Å²) in [7, 11) is 0. The molecule has 1 heterocycles. The molecule has 0 aliphatic carbocycles. The number of hydrogen-bond donors (Lipinski definition) is 1. The fourth-order valence-electron chi connectivity index (χ4n) is 2.18. The Morgan fingerprint density at radius 3 is 2.62 bits per heavy atom. The third kappa shape index (κ3) is 2.69. The lowest BCUT2D eigenvalue weighted by Crippen LogP contribution is -2.16. The molecule has 1 aliphatic rings. The molecule has 1 aromatic rings. The van der Waals surface area contributed by atoms with E-state index < -0.39 is 0 Å². The van der Waals surface area contributed by atoms with Crippen LogP contribution >= 0.6 is 11.6 Å². The van der Waals surface area contributed by atoms with Crippen molar-refractivity contribution in [2.75, 3.05) is 19.7 Å². The average molecular weight is 240 g/mol. The van der Waals surface area contributed by atoms with Crippen LogP contribution < -0.4 is 10.1 Å². The van der Waals surface area contributed by atoms with Crippen molar-refractivity contribution in [1.82, 2.24) is 5.32 Å². The molecule has 2 rings (SSSR count). The summed E-state index contributed by atoms with van der Waals surface area (Å²) in [5, 5.41) is 4.13. The molecule has 1 saturated heterocycles. The van der Waals surface area contributed by atoms with Gasteiger partial charge in [-0.1, -0.05) is 11.6 Å². The molecule has 1 unspecified atom stereocenters. The average Bonchev–Trinajstić information content (AvgIpc) is 2.68. The van der Waals surface area contributed by atoms with E-state index in [1.54, 1.807) is 0 Å². The van der Waals surface area contributed by atoms with Crippen LogP contribution in [-0.2, 0) is 0 Å². The number of aryl methyl sites for hydroxylation is 2. The normalized spacial score (nSPS) is 20.1. The van der Waals surface area contributed by atoms with Crippen LogP contribution in [0.4, 0.5) is 0 Å². The summed E-state index contributed by atoms with van der Waals surface area (Å²) in [6, 6.07) is 3.91. The standard InChI is InChI=1S/C13H18ClNO/c1-9-5-12(14)6-10(2)13(9)16-8-11-3-4-15-7-11/h5-6,11,15H,3-4,7-8H2,1-2H3. The molecule has 3 heteroatoms. The molecule has 1 aromatic carbocycles. The van der Waals surface area contributed by atoms with Crippen LogP contribution in [0.25, 0.3) is 0 Å².